The first-order chi connectivity index (χ1) is 64.9. The summed E-state index contributed by atoms with van der Waals surface area (Å²) < 4.78 is 56.5. The Hall–Kier alpha value is -6.80. The summed E-state index contributed by atoms with van der Waals surface area (Å²) in [7, 11) is 0. The lowest BCUT2D eigenvalue weighted by molar-refractivity contribution is -0.151. The van der Waals surface area contributed by atoms with Gasteiger partial charge in [0.2, 0.25) is 0 Å². The number of hydrogen-bond donors (Lipinski definition) is 5. The SMILES string of the molecule is C.C.C.C.C[C@@]1(O)CC[C@@]2(C)[C@H](CC[C@@H]3[C@@H]2CC[C@]2(C)[C@@H](C(=O)CBr)CC[C@@H]32)C1.C[C@@]1(O)CC[C@@]2(C)[C@H](CC[C@@H]3[C@@H]2CC[C@]2(C)[C@@H](C(=O)Cn4nc5ccc(F)cc5n4)CC[C@@H]32)C1.C[C@@]1(O)CC[C@@]2(C)[C@H](CC[C@@H]3[C@@H]2CC[C@]2(C)[C@@H](C(=O)Cn4nnc5cc(F)ccc54)CC[C@@H]32)C1.C[C@@]1(O)CC[C@@]2(C)[C@H](CC[C@@H]3[C@@H]2CC[C@]2(C)[C@@H](C(=O)Cn4nnc5ccc(F)cc54)CC[C@@H]32)C1.Fc1ccc2n[nH]nc2c1. The lowest BCUT2D eigenvalue weighted by Gasteiger charge is -2.61. The molecule has 0 saturated heterocycles. The second-order valence-corrected chi connectivity index (χ2v) is 51.8. The van der Waals surface area contributed by atoms with Gasteiger partial charge in [0.15, 0.2) is 17.3 Å². The molecule has 5 N–H and O–H groups in total. The van der Waals surface area contributed by atoms with Crippen LogP contribution >= 0.6 is 15.9 Å². The van der Waals surface area contributed by atoms with E-state index < -0.39 is 22.4 Å². The smallest absolute Gasteiger partial charge is 0.159 e. The van der Waals surface area contributed by atoms with E-state index in [0.29, 0.717) is 131 Å². The van der Waals surface area contributed by atoms with Crippen LogP contribution in [0.4, 0.5) is 17.6 Å². The minimum Gasteiger partial charge on any atom is -0.390 e. The van der Waals surface area contributed by atoms with Crippen LogP contribution in [0.2, 0.25) is 0 Å². The van der Waals surface area contributed by atoms with Crippen LogP contribution in [0.15, 0.2) is 72.8 Å². The monoisotopic (exact) mass is 2010 g/mol. The van der Waals surface area contributed by atoms with Crippen LogP contribution in [-0.2, 0) is 38.8 Å². The summed E-state index contributed by atoms with van der Waals surface area (Å²) in [5.74, 6) is 11.4. The van der Waals surface area contributed by atoms with E-state index in [2.05, 4.69) is 118 Å². The Kier molecular flexibility index (Phi) is 29.9. The number of Topliss-reactive ketones (excluding diaryl/α,β-unsaturated/α-hetero) is 4. The van der Waals surface area contributed by atoms with E-state index in [4.69, 9.17) is 0 Å². The van der Waals surface area contributed by atoms with Gasteiger partial charge in [0, 0.05) is 47.9 Å². The minimum atomic E-state index is -0.500. The molecule has 4 heterocycles. The van der Waals surface area contributed by atoms with Crippen molar-refractivity contribution in [2.75, 3.05) is 5.33 Å². The highest BCUT2D eigenvalue weighted by Gasteiger charge is 2.68. The fraction of sp³-hybridized carbons (Fsp3) is 0.759. The molecule has 25 heteroatoms. The van der Waals surface area contributed by atoms with Gasteiger partial charge in [-0.3, -0.25) is 19.2 Å². The number of aromatic amines is 1. The van der Waals surface area contributed by atoms with Crippen molar-refractivity contribution in [2.24, 2.45) is 162 Å². The van der Waals surface area contributed by atoms with E-state index in [9.17, 15) is 57.2 Å². The third-order valence-corrected chi connectivity index (χ3v) is 44.6. The van der Waals surface area contributed by atoms with Gasteiger partial charge in [-0.15, -0.1) is 10.2 Å². The molecular weight excluding hydrogens is 1850 g/mol. The molecule has 0 spiro atoms. The van der Waals surface area contributed by atoms with E-state index >= 15 is 0 Å². The normalized spacial score (nSPS) is 42.2. The molecule has 16 aliphatic rings. The molecule has 24 rings (SSSR count). The van der Waals surface area contributed by atoms with Crippen molar-refractivity contribution in [3.63, 3.8) is 0 Å². The van der Waals surface area contributed by atoms with Gasteiger partial charge in [-0.2, -0.15) is 30.4 Å². The summed E-state index contributed by atoms with van der Waals surface area (Å²) in [5.41, 5.74) is 4.70. The van der Waals surface area contributed by atoms with Gasteiger partial charge >= 0.3 is 0 Å². The number of halogens is 5. The van der Waals surface area contributed by atoms with Crippen LogP contribution in [0.5, 0.6) is 0 Å². The number of rotatable bonds is 11. The summed E-state index contributed by atoms with van der Waals surface area (Å²) in [6.45, 7) is 28.4. The van der Waals surface area contributed by atoms with Gasteiger partial charge in [0.25, 0.3) is 0 Å². The van der Waals surface area contributed by atoms with Crippen molar-refractivity contribution < 1.29 is 57.2 Å². The number of aliphatic hydroxyl groups is 4. The Labute approximate surface area is 844 Å². The van der Waals surface area contributed by atoms with Crippen LogP contribution in [0.25, 0.3) is 44.1 Å². The van der Waals surface area contributed by atoms with E-state index in [1.807, 2.05) is 27.7 Å². The lowest BCUT2D eigenvalue weighted by Crippen LogP contribution is -2.55. The Bertz CT molecular complexity index is 5860. The number of ketones is 4. The first-order valence-electron chi connectivity index (χ1n) is 53.4. The van der Waals surface area contributed by atoms with Crippen molar-refractivity contribution in [1.82, 2.24) is 60.4 Å². The summed E-state index contributed by atoms with van der Waals surface area (Å²) in [6.07, 6.45) is 40.4. The van der Waals surface area contributed by atoms with Gasteiger partial charge < -0.3 is 20.4 Å². The highest BCUT2D eigenvalue weighted by molar-refractivity contribution is 9.09. The van der Waals surface area contributed by atoms with E-state index in [1.54, 1.807) is 33.6 Å². The number of alkyl halides is 1. The summed E-state index contributed by atoms with van der Waals surface area (Å²) in [4.78, 5) is 54.8. The van der Waals surface area contributed by atoms with Crippen LogP contribution < -0.4 is 0 Å². The lowest BCUT2D eigenvalue weighted by atomic mass is 9.44. The zero-order chi connectivity index (χ0) is 96.7. The topological polar surface area (TPSA) is 283 Å². The Balaban J connectivity index is 0.000000130. The van der Waals surface area contributed by atoms with E-state index in [1.165, 1.54) is 150 Å². The van der Waals surface area contributed by atoms with Crippen molar-refractivity contribution in [3.8, 4) is 0 Å². The first-order valence-corrected chi connectivity index (χ1v) is 54.5. The molecule has 4 aromatic heterocycles. The maximum Gasteiger partial charge on any atom is 0.159 e. The molecule has 0 radical (unpaired) electrons. The van der Waals surface area contributed by atoms with Crippen molar-refractivity contribution >= 4 is 83.2 Å². The second-order valence-electron chi connectivity index (χ2n) is 51.2. The number of nitrogens with one attached hydrogen (secondary N) is 1. The van der Waals surface area contributed by atoms with Crippen molar-refractivity contribution in [2.45, 2.75) is 386 Å². The molecule has 16 aliphatic carbocycles. The Morgan fingerprint density at radius 3 is 1.00 bits per heavy atom. The fourth-order valence-corrected chi connectivity index (χ4v) is 37.0. The molecule has 0 bridgehead atoms. The summed E-state index contributed by atoms with van der Waals surface area (Å²) in [5, 5.41) is 78.5. The highest BCUT2D eigenvalue weighted by Crippen LogP contribution is 2.74. The number of nitrogens with zero attached hydrogens (tertiary/aromatic N) is 11. The number of carbonyl (C=O) groups is 4. The zero-order valence-electron chi connectivity index (χ0n) is 83.5. The average molecular weight is 2020 g/mol. The first kappa shape index (κ1) is 107. The molecule has 0 amide bonds. The molecule has 0 aliphatic heterocycles. The molecule has 776 valence electrons. The molecule has 0 unspecified atom stereocenters. The average Bonchev–Trinajstić information content (AvgIpc) is 1.70. The number of carbonyl (C=O) groups excluding carboxylic acids is 4. The quantitative estimate of drug-likeness (QED) is 0.0594. The number of hydrogen-bond acceptors (Lipinski definition) is 16. The third-order valence-electron chi connectivity index (χ3n) is 44.0. The predicted molar refractivity (Wildman–Crippen MR) is 550 cm³/mol. The highest BCUT2D eigenvalue weighted by atomic mass is 79.9. The van der Waals surface area contributed by atoms with Crippen LogP contribution in [0.1, 0.15) is 344 Å². The maximum absolute atomic E-state index is 13.8. The van der Waals surface area contributed by atoms with Gasteiger partial charge in [-0.25, -0.2) is 26.9 Å². The van der Waals surface area contributed by atoms with Gasteiger partial charge in [-0.1, -0.05) is 111 Å². The standard InChI is InChI=1S/3C28H38FN3O2.C22H35BrO2.C6H4FN3.4CH4/c1-26(34)12-13-27(2)17(15-26)4-6-19-20-7-8-22(28(20,3)11-10-21(19)27)25(33)16-32-24-9-5-18(29)14-23(24)30-31-32;1-26(34)12-13-27(2)17(15-26)4-6-19-20-7-8-22(28(20,3)11-10-21(19)27)25(33)16-32-24-14-18(29)5-9-23(24)30-31-32;1-26(34)12-13-27(2)17(15-26)4-6-19-20-7-8-22(28(20,3)11-10-21(19)27)25(33)16-32-30-23-9-5-18(29)14-24(23)31-32;1-20(25)10-11-21(2)14(12-20)4-5-15-16-6-7-18(19(24)13-23)22(16,3)9-8-17(15)21;7-4-1-2-5-6(3-4)9-10-8-5;;;;/h3*5,9,14,17,19-22,34H,4,6-8,10-13,15-16H2,1-3H3;14-18,25H,4-13H2,1-3H3;1-3H,(H,8,9,10);4*1H4/t3*17-,19+,20+,21+,22-,26-,27+,28+;14-,15+,16+,17+,18-,20-,21+,22+;;;;;/m1111...../s1. The van der Waals surface area contributed by atoms with Crippen LogP contribution in [0.3, 0.4) is 0 Å². The molecule has 4 aromatic carbocycles. The van der Waals surface area contributed by atoms with Gasteiger partial charge in [-0.05, 0) is 445 Å². The zero-order valence-corrected chi connectivity index (χ0v) is 85.1. The maximum atomic E-state index is 13.8. The van der Waals surface area contributed by atoms with Crippen LogP contribution in [0, 0.1) is 185 Å². The molecule has 32 atom stereocenters. The van der Waals surface area contributed by atoms with E-state index in [0.717, 1.165) is 176 Å². The molecule has 8 aromatic rings. The minimum absolute atomic E-state index is 0. The number of H-pyrrole nitrogens is 1. The Morgan fingerprint density at radius 1 is 0.319 bits per heavy atom. The van der Waals surface area contributed by atoms with Gasteiger partial charge in [0.05, 0.1) is 38.8 Å². The predicted octanol–water partition coefficient (Wildman–Crippen LogP) is 25.6. The summed E-state index contributed by atoms with van der Waals surface area (Å²) >= 11 is 3.43. The van der Waals surface area contributed by atoms with Crippen LogP contribution in [-0.4, -0.2) is 132 Å². The molecule has 141 heavy (non-hydrogen) atoms. The van der Waals surface area contributed by atoms with Crippen molar-refractivity contribution in [3.05, 3.63) is 96.1 Å². The molecule has 16 saturated carbocycles. The summed E-state index contributed by atoms with van der Waals surface area (Å²) in [6, 6.07) is 17.5. The molecular formula is C116H169BrF4N12O8. The number of benzene rings is 4. The Morgan fingerprint density at radius 2 is 0.617 bits per heavy atom. The van der Waals surface area contributed by atoms with Crippen molar-refractivity contribution in [1.29, 1.82) is 0 Å². The number of aromatic nitrogens is 12. The van der Waals surface area contributed by atoms with Gasteiger partial charge in [0.1, 0.15) is 81.8 Å². The second kappa shape index (κ2) is 39.4. The number of fused-ring (bicyclic) bond motifs is 24. The van der Waals surface area contributed by atoms with E-state index in [-0.39, 0.29) is 135 Å². The molecule has 20 nitrogen and oxygen atoms in total. The molecule has 16 fully saturated rings. The third kappa shape index (κ3) is 19.0. The largest absolute Gasteiger partial charge is 0.390 e. The fourth-order valence-electron chi connectivity index (χ4n) is 36.6.